The fraction of sp³-hybridized carbons (Fsp3) is 0.538. The highest BCUT2D eigenvalue weighted by atomic mass is 35.5. The van der Waals surface area contributed by atoms with Crippen LogP contribution in [0.3, 0.4) is 0 Å². The Morgan fingerprint density at radius 2 is 2.00 bits per heavy atom. The van der Waals surface area contributed by atoms with E-state index >= 15 is 0 Å². The first-order chi connectivity index (χ1) is 8.50. The number of aliphatic hydroxyl groups excluding tert-OH is 1. The van der Waals surface area contributed by atoms with Gasteiger partial charge in [0.05, 0.1) is 28.4 Å². The number of aliphatic hydroxyl groups is 1. The number of hydrogen-bond donors (Lipinski definition) is 2. The van der Waals surface area contributed by atoms with Gasteiger partial charge in [0.2, 0.25) is 0 Å². The molecule has 1 unspecified atom stereocenters. The van der Waals surface area contributed by atoms with Gasteiger partial charge in [-0.2, -0.15) is 0 Å². The number of benzene rings is 1. The molecule has 0 aliphatic rings. The lowest BCUT2D eigenvalue weighted by Crippen LogP contribution is -2.25. The van der Waals surface area contributed by atoms with Gasteiger partial charge in [-0.15, -0.1) is 0 Å². The van der Waals surface area contributed by atoms with E-state index in [1.54, 1.807) is 12.1 Å². The number of ether oxygens (including phenoxy) is 1. The first-order valence-electron chi connectivity index (χ1n) is 5.94. The molecule has 0 aliphatic carbocycles. The Morgan fingerprint density at radius 3 is 2.67 bits per heavy atom. The molecular formula is C13H19Cl2NO2. The average Bonchev–Trinajstić information content (AvgIpc) is 2.30. The Bertz CT molecular complexity index is 372. The molecular weight excluding hydrogens is 273 g/mol. The predicted molar refractivity (Wildman–Crippen MR) is 76.6 cm³/mol. The summed E-state index contributed by atoms with van der Waals surface area (Å²) in [5, 5.41) is 13.7. The second-order valence-electron chi connectivity index (χ2n) is 4.57. The van der Waals surface area contributed by atoms with Gasteiger partial charge in [0.15, 0.2) is 0 Å². The first-order valence-corrected chi connectivity index (χ1v) is 6.70. The monoisotopic (exact) mass is 291 g/mol. The fourth-order valence-corrected chi connectivity index (χ4v) is 1.73. The minimum absolute atomic E-state index is 0.309. The second kappa shape index (κ2) is 7.85. The predicted octanol–water partition coefficient (Wildman–Crippen LogP) is 3.44. The lowest BCUT2D eigenvalue weighted by Gasteiger charge is -2.15. The number of hydrogen-bond acceptors (Lipinski definition) is 3. The minimum atomic E-state index is -0.571. The third-order valence-electron chi connectivity index (χ3n) is 2.24. The van der Waals surface area contributed by atoms with E-state index in [0.29, 0.717) is 41.4 Å². The maximum Gasteiger partial charge on any atom is 0.0945 e. The smallest absolute Gasteiger partial charge is 0.0945 e. The molecule has 1 atom stereocenters. The third-order valence-corrected chi connectivity index (χ3v) is 3.06. The van der Waals surface area contributed by atoms with Crippen LogP contribution in [0.5, 0.6) is 0 Å². The summed E-state index contributed by atoms with van der Waals surface area (Å²) in [5.74, 6) is 0.465. The van der Waals surface area contributed by atoms with Gasteiger partial charge in [-0.05, 0) is 18.1 Å². The fourth-order valence-electron chi connectivity index (χ4n) is 1.37. The van der Waals surface area contributed by atoms with E-state index in [9.17, 15) is 5.11 Å². The van der Waals surface area contributed by atoms with Crippen LogP contribution in [0.4, 0.5) is 5.69 Å². The number of rotatable bonds is 7. The molecule has 0 heterocycles. The standard InChI is InChI=1S/C13H19Cl2NO2/c1-9(2)7-18-8-10(17)6-16-12-5-3-4-11(14)13(12)15/h3-5,9-10,16-17H,6-8H2,1-2H3. The molecule has 0 saturated heterocycles. The number of halogens is 2. The summed E-state index contributed by atoms with van der Waals surface area (Å²) >= 11 is 11.9. The summed E-state index contributed by atoms with van der Waals surface area (Å²) in [5.41, 5.74) is 0.715. The van der Waals surface area contributed by atoms with E-state index in [4.69, 9.17) is 27.9 Å². The van der Waals surface area contributed by atoms with E-state index in [1.165, 1.54) is 0 Å². The Balaban J connectivity index is 2.33. The van der Waals surface area contributed by atoms with Gasteiger partial charge in [-0.3, -0.25) is 0 Å². The van der Waals surface area contributed by atoms with Crippen LogP contribution in [0.2, 0.25) is 10.0 Å². The topological polar surface area (TPSA) is 41.5 Å². The van der Waals surface area contributed by atoms with Crippen molar-refractivity contribution in [2.75, 3.05) is 25.1 Å². The zero-order chi connectivity index (χ0) is 13.5. The second-order valence-corrected chi connectivity index (χ2v) is 5.35. The van der Waals surface area contributed by atoms with E-state index in [0.717, 1.165) is 0 Å². The molecule has 2 N–H and O–H groups in total. The summed E-state index contributed by atoms with van der Waals surface area (Å²) in [6.45, 7) is 5.46. The molecule has 0 fully saturated rings. The minimum Gasteiger partial charge on any atom is -0.389 e. The van der Waals surface area contributed by atoms with E-state index in [1.807, 2.05) is 6.07 Å². The van der Waals surface area contributed by atoms with Crippen molar-refractivity contribution in [3.63, 3.8) is 0 Å². The molecule has 0 spiro atoms. The molecule has 1 aromatic rings. The van der Waals surface area contributed by atoms with Crippen molar-refractivity contribution in [1.82, 2.24) is 0 Å². The van der Waals surface area contributed by atoms with Crippen LogP contribution in [0.15, 0.2) is 18.2 Å². The average molecular weight is 292 g/mol. The summed E-state index contributed by atoms with van der Waals surface area (Å²) in [6.07, 6.45) is -0.571. The quantitative estimate of drug-likeness (QED) is 0.809. The van der Waals surface area contributed by atoms with Crippen LogP contribution in [-0.4, -0.2) is 31.0 Å². The molecule has 0 saturated carbocycles. The van der Waals surface area contributed by atoms with Crippen LogP contribution in [-0.2, 0) is 4.74 Å². The molecule has 1 rings (SSSR count). The number of anilines is 1. The van der Waals surface area contributed by atoms with E-state index in [2.05, 4.69) is 19.2 Å². The summed E-state index contributed by atoms with van der Waals surface area (Å²) in [4.78, 5) is 0. The first kappa shape index (κ1) is 15.6. The number of nitrogens with one attached hydrogen (secondary N) is 1. The highest BCUT2D eigenvalue weighted by molar-refractivity contribution is 6.43. The van der Waals surface area contributed by atoms with Crippen LogP contribution in [0, 0.1) is 5.92 Å². The molecule has 3 nitrogen and oxygen atoms in total. The van der Waals surface area contributed by atoms with Gasteiger partial charge >= 0.3 is 0 Å². The molecule has 0 aromatic heterocycles. The van der Waals surface area contributed by atoms with Crippen molar-refractivity contribution in [2.45, 2.75) is 20.0 Å². The van der Waals surface area contributed by atoms with Gasteiger partial charge in [0.1, 0.15) is 0 Å². The molecule has 1 aromatic carbocycles. The zero-order valence-electron chi connectivity index (χ0n) is 10.6. The Morgan fingerprint density at radius 1 is 1.28 bits per heavy atom. The molecule has 0 aliphatic heterocycles. The van der Waals surface area contributed by atoms with Crippen molar-refractivity contribution in [3.8, 4) is 0 Å². The van der Waals surface area contributed by atoms with Gasteiger partial charge in [0, 0.05) is 13.2 Å². The molecule has 0 bridgehead atoms. The Labute approximate surface area is 118 Å². The van der Waals surface area contributed by atoms with E-state index in [-0.39, 0.29) is 0 Å². The third kappa shape index (κ3) is 5.44. The van der Waals surface area contributed by atoms with Crippen LogP contribution in [0.25, 0.3) is 0 Å². The molecule has 0 amide bonds. The highest BCUT2D eigenvalue weighted by Crippen LogP contribution is 2.29. The maximum atomic E-state index is 9.72. The van der Waals surface area contributed by atoms with Gasteiger partial charge in [0.25, 0.3) is 0 Å². The lowest BCUT2D eigenvalue weighted by atomic mass is 10.2. The van der Waals surface area contributed by atoms with Crippen LogP contribution >= 0.6 is 23.2 Å². The molecule has 18 heavy (non-hydrogen) atoms. The van der Waals surface area contributed by atoms with Crippen molar-refractivity contribution in [1.29, 1.82) is 0 Å². The zero-order valence-corrected chi connectivity index (χ0v) is 12.1. The van der Waals surface area contributed by atoms with Crippen molar-refractivity contribution >= 4 is 28.9 Å². The van der Waals surface area contributed by atoms with Crippen LogP contribution < -0.4 is 5.32 Å². The molecule has 0 radical (unpaired) electrons. The normalized spacial score (nSPS) is 12.8. The van der Waals surface area contributed by atoms with Gasteiger partial charge in [-0.1, -0.05) is 43.1 Å². The van der Waals surface area contributed by atoms with Gasteiger partial charge in [-0.25, -0.2) is 0 Å². The summed E-state index contributed by atoms with van der Waals surface area (Å²) in [6, 6.07) is 5.34. The van der Waals surface area contributed by atoms with Crippen LogP contribution in [0.1, 0.15) is 13.8 Å². The van der Waals surface area contributed by atoms with Crippen molar-refractivity contribution in [2.24, 2.45) is 5.92 Å². The van der Waals surface area contributed by atoms with Gasteiger partial charge < -0.3 is 15.2 Å². The van der Waals surface area contributed by atoms with Crippen molar-refractivity contribution < 1.29 is 9.84 Å². The highest BCUT2D eigenvalue weighted by Gasteiger charge is 2.08. The molecule has 102 valence electrons. The molecule has 5 heteroatoms. The summed E-state index contributed by atoms with van der Waals surface area (Å²) < 4.78 is 5.35. The Kier molecular flexibility index (Phi) is 6.79. The summed E-state index contributed by atoms with van der Waals surface area (Å²) in [7, 11) is 0. The largest absolute Gasteiger partial charge is 0.389 e. The Hall–Kier alpha value is -0.480. The maximum absolute atomic E-state index is 9.72. The lowest BCUT2D eigenvalue weighted by molar-refractivity contribution is 0.0318. The SMILES string of the molecule is CC(C)COCC(O)CNc1cccc(Cl)c1Cl. The van der Waals surface area contributed by atoms with Crippen molar-refractivity contribution in [3.05, 3.63) is 28.2 Å². The van der Waals surface area contributed by atoms with E-state index < -0.39 is 6.10 Å².